The zero-order valence-electron chi connectivity index (χ0n) is 25.6. The van der Waals surface area contributed by atoms with Gasteiger partial charge in [0.1, 0.15) is 5.75 Å². The van der Waals surface area contributed by atoms with Gasteiger partial charge < -0.3 is 25.8 Å². The van der Waals surface area contributed by atoms with E-state index in [1.54, 1.807) is 18.2 Å². The number of aliphatic hydroxyl groups is 1. The van der Waals surface area contributed by atoms with Gasteiger partial charge in [-0.3, -0.25) is 18.2 Å². The maximum absolute atomic E-state index is 16.1. The quantitative estimate of drug-likeness (QED) is 0.117. The first kappa shape index (κ1) is 35.3. The molecule has 1 heterocycles. The number of carbonyl (C=O) groups excluding carboxylic acids is 1. The van der Waals surface area contributed by atoms with Gasteiger partial charge in [0.05, 0.1) is 29.1 Å². The minimum absolute atomic E-state index is 0.0561. The topological polar surface area (TPSA) is 126 Å². The molecule has 4 rings (SSSR count). The van der Waals surface area contributed by atoms with Gasteiger partial charge in [0.2, 0.25) is 0 Å². The standard InChI is InChI=1S/C32H40F4N4O5S/c1-21(2)38-24-17-26(30(33)28(18-24)40-13-6-7-14-46(40,43)44)31(42)39-27(16-22-9-4-3-5-10-22)29(41)20-37-19-23-11-8-12-25(15-23)45-32(34,35)36/h3-5,8-12,15,17-18,21,27,29,37-38,41,43-44H,6-7,13-14,16,19-20H2,1-2H3,(H,39,42). The van der Waals surface area contributed by atoms with E-state index in [-0.39, 0.29) is 54.9 Å². The first-order chi connectivity index (χ1) is 21.7. The molecule has 1 saturated heterocycles. The fourth-order valence-electron chi connectivity index (χ4n) is 5.21. The fraction of sp³-hybridized carbons (Fsp3) is 0.406. The summed E-state index contributed by atoms with van der Waals surface area (Å²) in [6, 6.07) is 16.3. The Kier molecular flexibility index (Phi) is 11.8. The molecule has 1 aliphatic heterocycles. The molecule has 1 fully saturated rings. The van der Waals surface area contributed by atoms with Gasteiger partial charge in [0, 0.05) is 31.4 Å². The minimum atomic E-state index is -4.83. The first-order valence-electron chi connectivity index (χ1n) is 14.9. The van der Waals surface area contributed by atoms with Crippen LogP contribution in [0.5, 0.6) is 5.75 Å². The molecule has 3 aromatic rings. The maximum Gasteiger partial charge on any atom is 0.573 e. The van der Waals surface area contributed by atoms with Gasteiger partial charge >= 0.3 is 6.36 Å². The highest BCUT2D eigenvalue weighted by atomic mass is 32.3. The summed E-state index contributed by atoms with van der Waals surface area (Å²) in [6.07, 6.45) is -4.62. The second-order valence-corrected chi connectivity index (χ2v) is 13.6. The lowest BCUT2D eigenvalue weighted by Gasteiger charge is -2.47. The fourth-order valence-corrected chi connectivity index (χ4v) is 6.90. The summed E-state index contributed by atoms with van der Waals surface area (Å²) in [4.78, 5) is 13.7. The molecule has 46 heavy (non-hydrogen) atoms. The molecule has 0 saturated carbocycles. The van der Waals surface area contributed by atoms with Crippen molar-refractivity contribution < 1.29 is 41.3 Å². The molecule has 6 N–H and O–H groups in total. The van der Waals surface area contributed by atoms with Crippen molar-refractivity contribution in [2.75, 3.05) is 28.5 Å². The van der Waals surface area contributed by atoms with Crippen LogP contribution < -0.4 is 25.0 Å². The molecule has 1 aliphatic rings. The summed E-state index contributed by atoms with van der Waals surface area (Å²) < 4.78 is 80.6. The number of rotatable bonds is 13. The van der Waals surface area contributed by atoms with Crippen LogP contribution in [0.3, 0.4) is 0 Å². The van der Waals surface area contributed by atoms with Gasteiger partial charge in [-0.1, -0.05) is 42.5 Å². The van der Waals surface area contributed by atoms with E-state index < -0.39 is 41.0 Å². The lowest BCUT2D eigenvalue weighted by Crippen LogP contribution is -2.49. The highest BCUT2D eigenvalue weighted by Gasteiger charge is 2.33. The zero-order valence-corrected chi connectivity index (χ0v) is 26.4. The normalized spacial score (nSPS) is 16.9. The van der Waals surface area contributed by atoms with Crippen molar-refractivity contribution in [3.63, 3.8) is 0 Å². The van der Waals surface area contributed by atoms with Crippen molar-refractivity contribution in [2.45, 2.75) is 64.2 Å². The van der Waals surface area contributed by atoms with Crippen LogP contribution in [0.2, 0.25) is 0 Å². The van der Waals surface area contributed by atoms with E-state index in [4.69, 9.17) is 0 Å². The Hall–Kier alpha value is -3.56. The lowest BCUT2D eigenvalue weighted by atomic mass is 10.00. The predicted octanol–water partition coefficient (Wildman–Crippen LogP) is 6.30. The third kappa shape index (κ3) is 9.97. The Labute approximate surface area is 267 Å². The number of aliphatic hydroxyl groups excluding tert-OH is 1. The Morgan fingerprint density at radius 1 is 1.02 bits per heavy atom. The van der Waals surface area contributed by atoms with E-state index in [1.807, 2.05) is 32.0 Å². The third-order valence-electron chi connectivity index (χ3n) is 7.30. The van der Waals surface area contributed by atoms with Crippen LogP contribution >= 0.6 is 10.8 Å². The Morgan fingerprint density at radius 3 is 2.41 bits per heavy atom. The second-order valence-electron chi connectivity index (χ2n) is 11.5. The Morgan fingerprint density at radius 2 is 1.74 bits per heavy atom. The van der Waals surface area contributed by atoms with Gasteiger partial charge in [0.25, 0.3) is 5.91 Å². The zero-order chi connectivity index (χ0) is 33.5. The molecule has 0 bridgehead atoms. The van der Waals surface area contributed by atoms with Gasteiger partial charge in [-0.15, -0.1) is 23.9 Å². The molecule has 2 atom stereocenters. The van der Waals surface area contributed by atoms with E-state index in [2.05, 4.69) is 20.7 Å². The monoisotopic (exact) mass is 668 g/mol. The van der Waals surface area contributed by atoms with Crippen molar-refractivity contribution in [2.24, 2.45) is 0 Å². The van der Waals surface area contributed by atoms with Crippen LogP contribution in [0, 0.1) is 5.82 Å². The molecular weight excluding hydrogens is 628 g/mol. The van der Waals surface area contributed by atoms with Gasteiger partial charge in [-0.05, 0) is 68.5 Å². The third-order valence-corrected chi connectivity index (χ3v) is 9.22. The van der Waals surface area contributed by atoms with Crippen LogP contribution in [-0.2, 0) is 13.0 Å². The van der Waals surface area contributed by atoms with Crippen LogP contribution in [0.25, 0.3) is 0 Å². The molecule has 252 valence electrons. The SMILES string of the molecule is CC(C)Nc1cc(C(=O)NC(Cc2ccccc2)C(O)CNCc2cccc(OC(F)(F)F)c2)c(F)c(N2CCCCS2(O)O)c1. The smallest absolute Gasteiger partial charge is 0.406 e. The number of anilines is 2. The van der Waals surface area contributed by atoms with Crippen molar-refractivity contribution in [3.8, 4) is 5.75 Å². The minimum Gasteiger partial charge on any atom is -0.406 e. The second kappa shape index (κ2) is 15.4. The van der Waals surface area contributed by atoms with Crippen LogP contribution in [0.1, 0.15) is 48.2 Å². The summed E-state index contributed by atoms with van der Waals surface area (Å²) in [7, 11) is -3.29. The van der Waals surface area contributed by atoms with Crippen LogP contribution in [0.4, 0.5) is 28.9 Å². The molecule has 0 radical (unpaired) electrons. The van der Waals surface area contributed by atoms with Crippen molar-refractivity contribution >= 4 is 28.1 Å². The summed E-state index contributed by atoms with van der Waals surface area (Å²) in [5.41, 5.74) is 1.25. The number of ether oxygens (including phenoxy) is 1. The molecule has 0 aliphatic carbocycles. The van der Waals surface area contributed by atoms with E-state index in [1.165, 1.54) is 34.6 Å². The van der Waals surface area contributed by atoms with E-state index in [0.29, 0.717) is 24.1 Å². The molecule has 1 amide bonds. The average Bonchev–Trinajstić information content (AvgIpc) is 2.97. The Balaban J connectivity index is 1.55. The summed E-state index contributed by atoms with van der Waals surface area (Å²) >= 11 is 0. The van der Waals surface area contributed by atoms with E-state index in [9.17, 15) is 32.2 Å². The molecule has 14 heteroatoms. The van der Waals surface area contributed by atoms with Crippen LogP contribution in [-0.4, -0.2) is 63.5 Å². The highest BCUT2D eigenvalue weighted by Crippen LogP contribution is 2.51. The van der Waals surface area contributed by atoms with Crippen molar-refractivity contribution in [1.82, 2.24) is 10.6 Å². The molecule has 2 unspecified atom stereocenters. The summed E-state index contributed by atoms with van der Waals surface area (Å²) in [5, 5.41) is 20.1. The van der Waals surface area contributed by atoms with Crippen LogP contribution in [0.15, 0.2) is 66.7 Å². The van der Waals surface area contributed by atoms with Gasteiger partial charge in [0.15, 0.2) is 5.82 Å². The van der Waals surface area contributed by atoms with Crippen molar-refractivity contribution in [1.29, 1.82) is 0 Å². The number of amides is 1. The maximum atomic E-state index is 16.1. The summed E-state index contributed by atoms with van der Waals surface area (Å²) in [6.45, 7) is 3.99. The van der Waals surface area contributed by atoms with E-state index >= 15 is 4.39 Å². The first-order valence-corrected chi connectivity index (χ1v) is 16.6. The summed E-state index contributed by atoms with van der Waals surface area (Å²) in [5.74, 6) is -2.01. The van der Waals surface area contributed by atoms with Gasteiger partial charge in [-0.25, -0.2) is 4.39 Å². The number of carbonyl (C=O) groups is 1. The molecular formula is C32H40F4N4O5S. The average molecular weight is 669 g/mol. The largest absolute Gasteiger partial charge is 0.573 e. The predicted molar refractivity (Wildman–Crippen MR) is 172 cm³/mol. The number of benzene rings is 3. The highest BCUT2D eigenvalue weighted by molar-refractivity contribution is 8.25. The van der Waals surface area contributed by atoms with Gasteiger partial charge in [-0.2, -0.15) is 0 Å². The number of nitrogens with one attached hydrogen (secondary N) is 3. The van der Waals surface area contributed by atoms with Crippen molar-refractivity contribution in [3.05, 3.63) is 89.2 Å². The molecule has 0 spiro atoms. The number of nitrogens with zero attached hydrogens (tertiary/aromatic N) is 1. The number of hydrogen-bond donors (Lipinski definition) is 6. The molecule has 0 aromatic heterocycles. The number of hydrogen-bond acceptors (Lipinski definition) is 8. The number of alkyl halides is 3. The molecule has 9 nitrogen and oxygen atoms in total. The Bertz CT molecular complexity index is 1460. The molecule has 3 aromatic carbocycles. The lowest BCUT2D eigenvalue weighted by molar-refractivity contribution is -0.274. The van der Waals surface area contributed by atoms with E-state index in [0.717, 1.165) is 5.56 Å². The number of halogens is 4.